The average Bonchev–Trinajstić information content (AvgIpc) is 2.57. The lowest BCUT2D eigenvalue weighted by Crippen LogP contribution is -2.48. The molecule has 0 heterocycles. The Bertz CT molecular complexity index is 589. The highest BCUT2D eigenvalue weighted by Crippen LogP contribution is 2.04. The number of carbonyl (C=O) groups excluding carboxylic acids is 4. The normalized spacial score (nSPS) is 11.1. The van der Waals surface area contributed by atoms with E-state index in [1.54, 1.807) is 0 Å². The van der Waals surface area contributed by atoms with Crippen molar-refractivity contribution < 1.29 is 23.9 Å². The molecule has 0 bridgehead atoms. The molecule has 0 fully saturated rings. The molecule has 130 valence electrons. The lowest BCUT2D eigenvalue weighted by molar-refractivity contribution is -0.145. The van der Waals surface area contributed by atoms with Gasteiger partial charge in [0.15, 0.2) is 0 Å². The molecule has 0 aliphatic heterocycles. The van der Waals surface area contributed by atoms with Crippen molar-refractivity contribution >= 4 is 23.7 Å². The van der Waals surface area contributed by atoms with Gasteiger partial charge in [-0.2, -0.15) is 0 Å². The third-order valence-corrected chi connectivity index (χ3v) is 3.05. The van der Waals surface area contributed by atoms with Gasteiger partial charge in [0.05, 0.1) is 20.2 Å². The summed E-state index contributed by atoms with van der Waals surface area (Å²) in [4.78, 5) is 45.8. The lowest BCUT2D eigenvalue weighted by Gasteiger charge is -2.17. The highest BCUT2D eigenvalue weighted by atomic mass is 16.5. The standard InChI is InChI=1S/C16H21N3O5/c1-11(20)17-9-14(21)18-10-15(22)19-13(16(23)24-2)8-12-6-4-3-5-7-12/h3-7,13H,8-10H2,1-2H3,(H,17,20)(H,18,21)(H,19,22)/t13-/m0/s1. The number of benzene rings is 1. The Morgan fingerprint density at radius 1 is 1.00 bits per heavy atom. The molecule has 1 aromatic rings. The summed E-state index contributed by atoms with van der Waals surface area (Å²) in [6.07, 6.45) is 0.277. The predicted octanol–water partition coefficient (Wildman–Crippen LogP) is -0.861. The van der Waals surface area contributed by atoms with E-state index in [2.05, 4.69) is 20.7 Å². The number of hydrogen-bond donors (Lipinski definition) is 3. The van der Waals surface area contributed by atoms with Crippen LogP contribution in [-0.4, -0.2) is 49.9 Å². The summed E-state index contributed by atoms with van der Waals surface area (Å²) in [5.74, 6) is -1.95. The van der Waals surface area contributed by atoms with E-state index >= 15 is 0 Å². The van der Waals surface area contributed by atoms with E-state index in [0.717, 1.165) is 5.56 Å². The second kappa shape index (κ2) is 9.98. The van der Waals surface area contributed by atoms with Crippen LogP contribution in [-0.2, 0) is 30.3 Å². The zero-order valence-electron chi connectivity index (χ0n) is 13.6. The number of amides is 3. The van der Waals surface area contributed by atoms with Gasteiger partial charge in [-0.05, 0) is 5.56 Å². The third-order valence-electron chi connectivity index (χ3n) is 3.05. The van der Waals surface area contributed by atoms with E-state index in [1.807, 2.05) is 30.3 Å². The summed E-state index contributed by atoms with van der Waals surface area (Å²) >= 11 is 0. The molecular formula is C16H21N3O5. The quantitative estimate of drug-likeness (QED) is 0.535. The second-order valence-electron chi connectivity index (χ2n) is 5.02. The van der Waals surface area contributed by atoms with Crippen LogP contribution in [0.1, 0.15) is 12.5 Å². The van der Waals surface area contributed by atoms with Crippen LogP contribution < -0.4 is 16.0 Å². The lowest BCUT2D eigenvalue weighted by atomic mass is 10.1. The molecule has 0 unspecified atom stereocenters. The molecule has 8 heteroatoms. The van der Waals surface area contributed by atoms with Crippen LogP contribution in [0.5, 0.6) is 0 Å². The van der Waals surface area contributed by atoms with Crippen LogP contribution in [0.3, 0.4) is 0 Å². The molecule has 0 aromatic heterocycles. The number of carbonyl (C=O) groups is 4. The number of esters is 1. The van der Waals surface area contributed by atoms with Gasteiger partial charge in [0.1, 0.15) is 6.04 Å². The smallest absolute Gasteiger partial charge is 0.328 e. The molecule has 8 nitrogen and oxygen atoms in total. The molecule has 1 aromatic carbocycles. The van der Waals surface area contributed by atoms with Gasteiger partial charge < -0.3 is 20.7 Å². The molecule has 0 spiro atoms. The van der Waals surface area contributed by atoms with Crippen molar-refractivity contribution in [2.45, 2.75) is 19.4 Å². The van der Waals surface area contributed by atoms with Crippen molar-refractivity contribution in [3.05, 3.63) is 35.9 Å². The van der Waals surface area contributed by atoms with Gasteiger partial charge in [0.2, 0.25) is 17.7 Å². The van der Waals surface area contributed by atoms with Crippen molar-refractivity contribution in [3.63, 3.8) is 0 Å². The fourth-order valence-electron chi connectivity index (χ4n) is 1.88. The van der Waals surface area contributed by atoms with Crippen molar-refractivity contribution in [2.24, 2.45) is 0 Å². The van der Waals surface area contributed by atoms with Gasteiger partial charge in [-0.15, -0.1) is 0 Å². The Balaban J connectivity index is 2.51. The van der Waals surface area contributed by atoms with E-state index in [-0.39, 0.29) is 25.4 Å². The first-order chi connectivity index (χ1) is 11.4. The maximum Gasteiger partial charge on any atom is 0.328 e. The molecule has 1 rings (SSSR count). The predicted molar refractivity (Wildman–Crippen MR) is 85.8 cm³/mol. The van der Waals surface area contributed by atoms with Crippen molar-refractivity contribution in [1.29, 1.82) is 0 Å². The number of rotatable bonds is 8. The molecule has 3 N–H and O–H groups in total. The second-order valence-corrected chi connectivity index (χ2v) is 5.02. The topological polar surface area (TPSA) is 114 Å². The van der Waals surface area contributed by atoms with Crippen molar-refractivity contribution in [2.75, 3.05) is 20.2 Å². The first-order valence-corrected chi connectivity index (χ1v) is 7.34. The zero-order chi connectivity index (χ0) is 17.9. The number of hydrogen-bond acceptors (Lipinski definition) is 5. The molecule has 1 atom stereocenters. The molecule has 0 radical (unpaired) electrons. The van der Waals surface area contributed by atoms with E-state index in [1.165, 1.54) is 14.0 Å². The summed E-state index contributed by atoms with van der Waals surface area (Å²) in [6.45, 7) is 0.762. The minimum Gasteiger partial charge on any atom is -0.467 e. The summed E-state index contributed by atoms with van der Waals surface area (Å²) in [5, 5.41) is 7.18. The van der Waals surface area contributed by atoms with Crippen LogP contribution in [0.25, 0.3) is 0 Å². The Morgan fingerprint density at radius 2 is 1.62 bits per heavy atom. The third kappa shape index (κ3) is 7.39. The van der Waals surface area contributed by atoms with Crippen LogP contribution in [0.4, 0.5) is 0 Å². The number of methoxy groups -OCH3 is 1. The largest absolute Gasteiger partial charge is 0.467 e. The van der Waals surface area contributed by atoms with E-state index in [4.69, 9.17) is 0 Å². The number of ether oxygens (including phenoxy) is 1. The fraction of sp³-hybridized carbons (Fsp3) is 0.375. The van der Waals surface area contributed by atoms with E-state index in [9.17, 15) is 19.2 Å². The van der Waals surface area contributed by atoms with Crippen molar-refractivity contribution in [1.82, 2.24) is 16.0 Å². The Morgan fingerprint density at radius 3 is 2.21 bits per heavy atom. The molecule has 0 saturated heterocycles. The van der Waals surface area contributed by atoms with Gasteiger partial charge in [0, 0.05) is 13.3 Å². The molecule has 0 aliphatic rings. The SMILES string of the molecule is COC(=O)[C@H](Cc1ccccc1)NC(=O)CNC(=O)CNC(C)=O. The van der Waals surface area contributed by atoms with Gasteiger partial charge in [-0.25, -0.2) is 4.79 Å². The highest BCUT2D eigenvalue weighted by Gasteiger charge is 2.22. The molecule has 0 aliphatic carbocycles. The summed E-state index contributed by atoms with van der Waals surface area (Å²) in [6, 6.07) is 8.31. The maximum absolute atomic E-state index is 11.9. The van der Waals surface area contributed by atoms with Crippen LogP contribution >= 0.6 is 0 Å². The highest BCUT2D eigenvalue weighted by molar-refractivity contribution is 5.89. The molecule has 0 saturated carbocycles. The van der Waals surface area contributed by atoms with E-state index in [0.29, 0.717) is 0 Å². The molecule has 3 amide bonds. The van der Waals surface area contributed by atoms with Crippen LogP contribution in [0.15, 0.2) is 30.3 Å². The monoisotopic (exact) mass is 335 g/mol. The van der Waals surface area contributed by atoms with Gasteiger partial charge in [0.25, 0.3) is 0 Å². The van der Waals surface area contributed by atoms with Crippen molar-refractivity contribution in [3.8, 4) is 0 Å². The Labute approximate surface area is 139 Å². The summed E-state index contributed by atoms with van der Waals surface area (Å²) < 4.78 is 4.69. The summed E-state index contributed by atoms with van der Waals surface area (Å²) in [7, 11) is 1.24. The molecular weight excluding hydrogens is 314 g/mol. The zero-order valence-corrected chi connectivity index (χ0v) is 13.6. The Kier molecular flexibility index (Phi) is 7.97. The van der Waals surface area contributed by atoms with Gasteiger partial charge in [-0.3, -0.25) is 14.4 Å². The average molecular weight is 335 g/mol. The van der Waals surface area contributed by atoms with Gasteiger partial charge in [-0.1, -0.05) is 30.3 Å². The van der Waals surface area contributed by atoms with Crippen LogP contribution in [0.2, 0.25) is 0 Å². The Hall–Kier alpha value is -2.90. The van der Waals surface area contributed by atoms with Crippen LogP contribution in [0, 0.1) is 0 Å². The minimum absolute atomic E-state index is 0.215. The van der Waals surface area contributed by atoms with E-state index < -0.39 is 23.8 Å². The summed E-state index contributed by atoms with van der Waals surface area (Å²) in [5.41, 5.74) is 0.864. The molecule has 24 heavy (non-hydrogen) atoms. The first kappa shape index (κ1) is 19.1. The fourth-order valence-corrected chi connectivity index (χ4v) is 1.88. The minimum atomic E-state index is -0.850. The maximum atomic E-state index is 11.9. The van der Waals surface area contributed by atoms with Gasteiger partial charge >= 0.3 is 5.97 Å². The first-order valence-electron chi connectivity index (χ1n) is 7.34. The number of nitrogens with one attached hydrogen (secondary N) is 3.